The predicted octanol–water partition coefficient (Wildman–Crippen LogP) is 2.16. The molecule has 1 heterocycles. The molecule has 4 fully saturated rings. The molecule has 0 bridgehead atoms. The Morgan fingerprint density at radius 2 is 1.40 bits per heavy atom. The molecule has 0 aromatic carbocycles. The van der Waals surface area contributed by atoms with Crippen LogP contribution in [0.4, 0.5) is 0 Å². The normalized spacial score (nSPS) is 27.6. The van der Waals surface area contributed by atoms with E-state index in [2.05, 4.69) is 15.1 Å². The van der Waals surface area contributed by atoms with E-state index in [1.807, 2.05) is 0 Å². The lowest BCUT2D eigenvalue weighted by atomic mass is 9.94. The first kappa shape index (κ1) is 17.3. The molecule has 0 aromatic heterocycles. The summed E-state index contributed by atoms with van der Waals surface area (Å²) < 4.78 is 0. The van der Waals surface area contributed by atoms with Crippen molar-refractivity contribution in [3.8, 4) is 0 Å². The zero-order valence-electron chi connectivity index (χ0n) is 15.4. The van der Waals surface area contributed by atoms with Crippen LogP contribution in [0.25, 0.3) is 0 Å². The van der Waals surface area contributed by atoms with Crippen LogP contribution in [0.2, 0.25) is 0 Å². The molecule has 1 N–H and O–H groups in total. The lowest BCUT2D eigenvalue weighted by Crippen LogP contribution is -2.58. The van der Waals surface area contributed by atoms with E-state index in [1.54, 1.807) is 0 Å². The van der Waals surface area contributed by atoms with Crippen LogP contribution < -0.4 is 5.32 Å². The maximum Gasteiger partial charge on any atom is 0.237 e. The second-order valence-electron chi connectivity index (χ2n) is 8.61. The van der Waals surface area contributed by atoms with Gasteiger partial charge in [-0.3, -0.25) is 14.5 Å². The van der Waals surface area contributed by atoms with Crippen molar-refractivity contribution in [3.05, 3.63) is 0 Å². The van der Waals surface area contributed by atoms with Gasteiger partial charge in [-0.15, -0.1) is 0 Å². The van der Waals surface area contributed by atoms with E-state index in [0.717, 1.165) is 51.9 Å². The average molecular weight is 348 g/mol. The zero-order chi connectivity index (χ0) is 17.2. The van der Waals surface area contributed by atoms with Crippen LogP contribution in [-0.4, -0.2) is 59.9 Å². The summed E-state index contributed by atoms with van der Waals surface area (Å²) in [5.74, 6) is 1.41. The third-order valence-electron chi connectivity index (χ3n) is 6.76. The maximum absolute atomic E-state index is 12.9. The average Bonchev–Trinajstić information content (AvgIpc) is 3.08. The van der Waals surface area contributed by atoms with Crippen molar-refractivity contribution in [2.45, 2.75) is 76.3 Å². The third-order valence-corrected chi connectivity index (χ3v) is 6.76. The van der Waals surface area contributed by atoms with E-state index in [9.17, 15) is 9.59 Å². The molecule has 5 nitrogen and oxygen atoms in total. The van der Waals surface area contributed by atoms with E-state index in [1.165, 1.54) is 38.5 Å². The van der Waals surface area contributed by atoms with Gasteiger partial charge < -0.3 is 10.2 Å². The van der Waals surface area contributed by atoms with Crippen LogP contribution >= 0.6 is 0 Å². The molecule has 1 aliphatic heterocycles. The number of rotatable bonds is 5. The lowest BCUT2D eigenvalue weighted by molar-refractivity contribution is -0.138. The van der Waals surface area contributed by atoms with Crippen molar-refractivity contribution in [3.63, 3.8) is 0 Å². The van der Waals surface area contributed by atoms with Gasteiger partial charge in [0.1, 0.15) is 0 Å². The van der Waals surface area contributed by atoms with Gasteiger partial charge in [0.15, 0.2) is 0 Å². The molecule has 140 valence electrons. The number of piperazine rings is 1. The van der Waals surface area contributed by atoms with Crippen molar-refractivity contribution < 1.29 is 9.59 Å². The Bertz CT molecular complexity index is 485. The number of hydrogen-bond acceptors (Lipinski definition) is 3. The van der Waals surface area contributed by atoms with Gasteiger partial charge in [-0.1, -0.05) is 25.7 Å². The highest BCUT2D eigenvalue weighted by atomic mass is 16.2. The number of carbonyl (C=O) groups excluding carboxylic acids is 2. The number of carbonyl (C=O) groups is 2. The van der Waals surface area contributed by atoms with E-state index in [-0.39, 0.29) is 17.9 Å². The van der Waals surface area contributed by atoms with E-state index < -0.39 is 0 Å². The molecule has 1 saturated heterocycles. The first-order valence-corrected chi connectivity index (χ1v) is 10.6. The second-order valence-corrected chi connectivity index (χ2v) is 8.61. The third kappa shape index (κ3) is 4.02. The summed E-state index contributed by atoms with van der Waals surface area (Å²) in [6.45, 7) is 3.32. The van der Waals surface area contributed by atoms with Crippen LogP contribution in [0.1, 0.15) is 64.2 Å². The standard InChI is InChI=1S/C20H33N3O2/c24-19(21-17-9-10-17)18(15-5-1-2-6-15)22-11-13-23(14-12-22)20(25)16-7-3-4-8-16/h15-18H,1-14H2,(H,21,24). The predicted molar refractivity (Wildman–Crippen MR) is 97.0 cm³/mol. The number of hydrogen-bond donors (Lipinski definition) is 1. The fourth-order valence-corrected chi connectivity index (χ4v) is 5.12. The molecule has 0 radical (unpaired) electrons. The quantitative estimate of drug-likeness (QED) is 0.829. The molecule has 1 atom stereocenters. The van der Waals surface area contributed by atoms with Gasteiger partial charge >= 0.3 is 0 Å². The highest BCUT2D eigenvalue weighted by molar-refractivity contribution is 5.83. The van der Waals surface area contributed by atoms with Gasteiger partial charge in [0, 0.05) is 38.1 Å². The monoisotopic (exact) mass is 347 g/mol. The SMILES string of the molecule is O=C(NC1CC1)C(C1CCCC1)N1CCN(C(=O)C2CCCC2)CC1. The summed E-state index contributed by atoms with van der Waals surface area (Å²) in [5, 5.41) is 3.25. The van der Waals surface area contributed by atoms with Gasteiger partial charge in [-0.25, -0.2) is 0 Å². The van der Waals surface area contributed by atoms with Crippen LogP contribution in [-0.2, 0) is 9.59 Å². The molecule has 2 amide bonds. The minimum absolute atomic E-state index is 0.0341. The Hall–Kier alpha value is -1.10. The van der Waals surface area contributed by atoms with E-state index in [0.29, 0.717) is 17.9 Å². The van der Waals surface area contributed by atoms with Crippen molar-refractivity contribution in [2.24, 2.45) is 11.8 Å². The molecule has 4 aliphatic rings. The summed E-state index contributed by atoms with van der Waals surface area (Å²) in [4.78, 5) is 30.0. The Morgan fingerprint density at radius 1 is 0.800 bits per heavy atom. The molecule has 1 unspecified atom stereocenters. The number of nitrogens with zero attached hydrogens (tertiary/aromatic N) is 2. The Labute approximate surface area is 151 Å². The molecule has 3 saturated carbocycles. The summed E-state index contributed by atoms with van der Waals surface area (Å²) in [5.41, 5.74) is 0. The van der Waals surface area contributed by atoms with Crippen molar-refractivity contribution in [1.29, 1.82) is 0 Å². The Kier molecular flexibility index (Phi) is 5.30. The lowest BCUT2D eigenvalue weighted by Gasteiger charge is -2.41. The zero-order valence-corrected chi connectivity index (χ0v) is 15.4. The Morgan fingerprint density at radius 3 is 2.00 bits per heavy atom. The molecule has 0 spiro atoms. The summed E-state index contributed by atoms with van der Waals surface area (Å²) in [6, 6.07) is 0.466. The molecule has 5 heteroatoms. The molecular weight excluding hydrogens is 314 g/mol. The van der Waals surface area contributed by atoms with Gasteiger partial charge in [0.05, 0.1) is 6.04 Å². The van der Waals surface area contributed by atoms with E-state index in [4.69, 9.17) is 0 Å². The van der Waals surface area contributed by atoms with Gasteiger partial charge in [0.25, 0.3) is 0 Å². The number of amides is 2. The van der Waals surface area contributed by atoms with Crippen LogP contribution in [0.5, 0.6) is 0 Å². The van der Waals surface area contributed by atoms with Crippen molar-refractivity contribution in [1.82, 2.24) is 15.1 Å². The van der Waals surface area contributed by atoms with Gasteiger partial charge in [0.2, 0.25) is 11.8 Å². The molecule has 4 rings (SSSR count). The van der Waals surface area contributed by atoms with E-state index >= 15 is 0 Å². The van der Waals surface area contributed by atoms with Gasteiger partial charge in [-0.05, 0) is 44.4 Å². The minimum Gasteiger partial charge on any atom is -0.352 e. The Balaban J connectivity index is 1.35. The minimum atomic E-state index is 0.0341. The molecule has 0 aromatic rings. The summed E-state index contributed by atoms with van der Waals surface area (Å²) >= 11 is 0. The maximum atomic E-state index is 12.9. The highest BCUT2D eigenvalue weighted by Crippen LogP contribution is 2.32. The first-order valence-electron chi connectivity index (χ1n) is 10.6. The van der Waals surface area contributed by atoms with Crippen molar-refractivity contribution in [2.75, 3.05) is 26.2 Å². The molecular formula is C20H33N3O2. The van der Waals surface area contributed by atoms with Gasteiger partial charge in [-0.2, -0.15) is 0 Å². The first-order chi connectivity index (χ1) is 12.2. The van der Waals surface area contributed by atoms with Crippen LogP contribution in [0.15, 0.2) is 0 Å². The second kappa shape index (κ2) is 7.65. The highest BCUT2D eigenvalue weighted by Gasteiger charge is 2.39. The van der Waals surface area contributed by atoms with Crippen LogP contribution in [0.3, 0.4) is 0 Å². The van der Waals surface area contributed by atoms with Crippen molar-refractivity contribution >= 4 is 11.8 Å². The fraction of sp³-hybridized carbons (Fsp3) is 0.900. The largest absolute Gasteiger partial charge is 0.352 e. The number of nitrogens with one attached hydrogen (secondary N) is 1. The summed E-state index contributed by atoms with van der Waals surface area (Å²) in [6.07, 6.45) is 11.8. The topological polar surface area (TPSA) is 52.7 Å². The smallest absolute Gasteiger partial charge is 0.237 e. The molecule has 25 heavy (non-hydrogen) atoms. The molecule has 3 aliphatic carbocycles. The fourth-order valence-electron chi connectivity index (χ4n) is 5.12. The summed E-state index contributed by atoms with van der Waals surface area (Å²) in [7, 11) is 0. The van der Waals surface area contributed by atoms with Crippen LogP contribution in [0, 0.1) is 11.8 Å².